The molecule has 114 valence electrons. The summed E-state index contributed by atoms with van der Waals surface area (Å²) in [5, 5.41) is 15.2. The molecule has 0 aliphatic heterocycles. The fourth-order valence-corrected chi connectivity index (χ4v) is 2.58. The minimum Gasteiger partial charge on any atom is -0.394 e. The normalized spacial score (nSPS) is 10.8. The van der Waals surface area contributed by atoms with Gasteiger partial charge in [-0.3, -0.25) is 4.79 Å². The van der Waals surface area contributed by atoms with Crippen LogP contribution in [0.5, 0.6) is 0 Å². The number of aryl methyl sites for hydroxylation is 2. The van der Waals surface area contributed by atoms with Crippen molar-refractivity contribution in [2.45, 2.75) is 26.0 Å². The third kappa shape index (κ3) is 6.40. The monoisotopic (exact) mass is 302 g/mol. The van der Waals surface area contributed by atoms with Gasteiger partial charge in [0.05, 0.1) is 24.7 Å². The van der Waals surface area contributed by atoms with Crippen molar-refractivity contribution in [2.24, 2.45) is 0 Å². The van der Waals surface area contributed by atoms with Crippen molar-refractivity contribution in [1.29, 1.82) is 0 Å². The highest BCUT2D eigenvalue weighted by Crippen LogP contribution is 2.19. The molecule has 0 aromatic carbocycles. The smallest absolute Gasteiger partial charge is 0.230 e. The Hall–Kier alpha value is -1.05. The van der Waals surface area contributed by atoms with E-state index in [4.69, 9.17) is 14.4 Å². The summed E-state index contributed by atoms with van der Waals surface area (Å²) >= 11 is 1.54. The molecule has 0 radical (unpaired) electrons. The van der Waals surface area contributed by atoms with Crippen molar-refractivity contribution < 1.29 is 19.2 Å². The van der Waals surface area contributed by atoms with Gasteiger partial charge < -0.3 is 19.7 Å². The molecule has 0 unspecified atom stereocenters. The number of ether oxygens (including phenoxy) is 1. The molecule has 0 bridgehead atoms. The van der Waals surface area contributed by atoms with Gasteiger partial charge in [-0.05, 0) is 20.3 Å². The zero-order valence-corrected chi connectivity index (χ0v) is 12.8. The third-order valence-electron chi connectivity index (χ3n) is 2.68. The van der Waals surface area contributed by atoms with Crippen LogP contribution in [-0.4, -0.2) is 48.3 Å². The number of aliphatic hydroxyl groups is 1. The third-order valence-corrected chi connectivity index (χ3v) is 3.64. The van der Waals surface area contributed by atoms with Gasteiger partial charge in [-0.25, -0.2) is 0 Å². The second-order valence-corrected chi connectivity index (χ2v) is 5.32. The zero-order valence-electron chi connectivity index (χ0n) is 12.0. The van der Waals surface area contributed by atoms with E-state index in [1.807, 2.05) is 13.8 Å². The number of thioether (sulfide) groups is 1. The molecule has 0 saturated carbocycles. The lowest BCUT2D eigenvalue weighted by atomic mass is 10.2. The van der Waals surface area contributed by atoms with Crippen molar-refractivity contribution >= 4 is 17.7 Å². The van der Waals surface area contributed by atoms with E-state index in [-0.39, 0.29) is 12.5 Å². The Kier molecular flexibility index (Phi) is 8.32. The standard InChI is InChI=1S/C13H22N2O4S/c1-10-12(11(2)19-15-10)8-20-9-13(17)14-4-3-6-18-7-5-16/h16H,3-9H2,1-2H3,(H,14,17). The first-order chi connectivity index (χ1) is 9.65. The first kappa shape index (κ1) is 17.0. The van der Waals surface area contributed by atoms with Crippen LogP contribution < -0.4 is 5.32 Å². The molecule has 0 fully saturated rings. The number of nitrogens with one attached hydrogen (secondary N) is 1. The van der Waals surface area contributed by atoms with Crippen LogP contribution in [0.15, 0.2) is 4.52 Å². The molecular weight excluding hydrogens is 280 g/mol. The largest absolute Gasteiger partial charge is 0.394 e. The summed E-state index contributed by atoms with van der Waals surface area (Å²) < 4.78 is 10.2. The number of carbonyl (C=O) groups excluding carboxylic acids is 1. The van der Waals surface area contributed by atoms with Crippen molar-refractivity contribution in [3.63, 3.8) is 0 Å². The summed E-state index contributed by atoms with van der Waals surface area (Å²) in [5.74, 6) is 1.98. The predicted molar refractivity (Wildman–Crippen MR) is 77.7 cm³/mol. The summed E-state index contributed by atoms with van der Waals surface area (Å²) in [4.78, 5) is 11.6. The number of carbonyl (C=O) groups is 1. The molecule has 0 aliphatic rings. The fraction of sp³-hybridized carbons (Fsp3) is 0.692. The first-order valence-corrected chi connectivity index (χ1v) is 7.75. The van der Waals surface area contributed by atoms with Gasteiger partial charge in [-0.2, -0.15) is 0 Å². The van der Waals surface area contributed by atoms with E-state index < -0.39 is 0 Å². The molecular formula is C13H22N2O4S. The topological polar surface area (TPSA) is 84.6 Å². The van der Waals surface area contributed by atoms with Gasteiger partial charge in [0.25, 0.3) is 0 Å². The molecule has 6 nitrogen and oxygen atoms in total. The van der Waals surface area contributed by atoms with Gasteiger partial charge in [0, 0.05) is 24.5 Å². The van der Waals surface area contributed by atoms with E-state index in [2.05, 4.69) is 10.5 Å². The minimum absolute atomic E-state index is 0.0175. The SMILES string of the molecule is Cc1noc(C)c1CSCC(=O)NCCCOCCO. The molecule has 0 atom stereocenters. The van der Waals surface area contributed by atoms with Crippen LogP contribution in [0.3, 0.4) is 0 Å². The molecule has 0 aliphatic carbocycles. The average Bonchev–Trinajstić information content (AvgIpc) is 2.74. The summed E-state index contributed by atoms with van der Waals surface area (Å²) in [6, 6.07) is 0. The van der Waals surface area contributed by atoms with Crippen LogP contribution in [0.1, 0.15) is 23.4 Å². The number of aromatic nitrogens is 1. The number of rotatable bonds is 10. The molecule has 1 aromatic rings. The highest BCUT2D eigenvalue weighted by atomic mass is 32.2. The van der Waals surface area contributed by atoms with E-state index in [1.165, 1.54) is 0 Å². The molecule has 2 N–H and O–H groups in total. The van der Waals surface area contributed by atoms with E-state index in [0.29, 0.717) is 25.5 Å². The Morgan fingerprint density at radius 2 is 2.25 bits per heavy atom. The number of hydrogen-bond donors (Lipinski definition) is 2. The molecule has 1 amide bonds. The van der Waals surface area contributed by atoms with E-state index >= 15 is 0 Å². The second kappa shape index (κ2) is 9.79. The van der Waals surface area contributed by atoms with Crippen LogP contribution in [0.2, 0.25) is 0 Å². The Labute approximate surface area is 123 Å². The molecule has 0 spiro atoms. The number of amides is 1. The Bertz CT molecular complexity index is 390. The number of nitrogens with zero attached hydrogens (tertiary/aromatic N) is 1. The van der Waals surface area contributed by atoms with Crippen LogP contribution in [-0.2, 0) is 15.3 Å². The average molecular weight is 302 g/mol. The minimum atomic E-state index is 0.0175. The lowest BCUT2D eigenvalue weighted by Gasteiger charge is -2.05. The van der Waals surface area contributed by atoms with Gasteiger partial charge in [0.1, 0.15) is 5.76 Å². The number of aliphatic hydroxyl groups excluding tert-OH is 1. The van der Waals surface area contributed by atoms with Crippen LogP contribution in [0, 0.1) is 13.8 Å². The highest BCUT2D eigenvalue weighted by Gasteiger charge is 2.09. The highest BCUT2D eigenvalue weighted by molar-refractivity contribution is 7.99. The molecule has 1 aromatic heterocycles. The zero-order chi connectivity index (χ0) is 14.8. The number of hydrogen-bond acceptors (Lipinski definition) is 6. The second-order valence-electron chi connectivity index (χ2n) is 4.34. The van der Waals surface area contributed by atoms with Crippen molar-refractivity contribution in [1.82, 2.24) is 10.5 Å². The van der Waals surface area contributed by atoms with E-state index in [9.17, 15) is 4.79 Å². The quantitative estimate of drug-likeness (QED) is 0.628. The Morgan fingerprint density at radius 3 is 2.90 bits per heavy atom. The lowest BCUT2D eigenvalue weighted by Crippen LogP contribution is -2.27. The summed E-state index contributed by atoms with van der Waals surface area (Å²) in [7, 11) is 0. The molecule has 7 heteroatoms. The van der Waals surface area contributed by atoms with Gasteiger partial charge in [-0.15, -0.1) is 11.8 Å². The van der Waals surface area contributed by atoms with E-state index in [1.54, 1.807) is 11.8 Å². The van der Waals surface area contributed by atoms with Gasteiger partial charge in [-0.1, -0.05) is 5.16 Å². The maximum absolute atomic E-state index is 11.6. The maximum atomic E-state index is 11.6. The van der Waals surface area contributed by atoms with Gasteiger partial charge in [0.2, 0.25) is 5.91 Å². The van der Waals surface area contributed by atoms with Crippen LogP contribution >= 0.6 is 11.8 Å². The molecule has 20 heavy (non-hydrogen) atoms. The molecule has 1 heterocycles. The van der Waals surface area contributed by atoms with Crippen molar-refractivity contribution in [3.8, 4) is 0 Å². The summed E-state index contributed by atoms with van der Waals surface area (Å²) in [5.41, 5.74) is 1.96. The van der Waals surface area contributed by atoms with Crippen molar-refractivity contribution in [2.75, 3.05) is 32.1 Å². The Balaban J connectivity index is 2.06. The predicted octanol–water partition coefficient (Wildman–Crippen LogP) is 1.04. The Morgan fingerprint density at radius 1 is 1.45 bits per heavy atom. The van der Waals surface area contributed by atoms with E-state index in [0.717, 1.165) is 29.2 Å². The molecule has 0 saturated heterocycles. The van der Waals surface area contributed by atoms with Gasteiger partial charge in [0.15, 0.2) is 0 Å². The lowest BCUT2D eigenvalue weighted by molar-refractivity contribution is -0.118. The summed E-state index contributed by atoms with van der Waals surface area (Å²) in [6.45, 7) is 5.30. The van der Waals surface area contributed by atoms with Crippen LogP contribution in [0.4, 0.5) is 0 Å². The van der Waals surface area contributed by atoms with Gasteiger partial charge >= 0.3 is 0 Å². The fourth-order valence-electron chi connectivity index (χ4n) is 1.57. The van der Waals surface area contributed by atoms with Crippen molar-refractivity contribution in [3.05, 3.63) is 17.0 Å². The molecule has 1 rings (SSSR count). The maximum Gasteiger partial charge on any atom is 0.230 e. The summed E-state index contributed by atoms with van der Waals surface area (Å²) in [6.07, 6.45) is 0.750. The van der Waals surface area contributed by atoms with Crippen LogP contribution in [0.25, 0.3) is 0 Å². The first-order valence-electron chi connectivity index (χ1n) is 6.60.